The van der Waals surface area contributed by atoms with Crippen molar-refractivity contribution in [1.29, 1.82) is 0 Å². The Balaban J connectivity index is 2.13. The predicted molar refractivity (Wildman–Crippen MR) is 90.3 cm³/mol. The molecule has 0 aromatic heterocycles. The number of alkyl carbamates (subject to hydrolysis) is 1. The maximum Gasteiger partial charge on any atom is 0.407 e. The number of nitrogens with one attached hydrogen (secondary N) is 1. The highest BCUT2D eigenvalue weighted by atomic mass is 19.2. The first-order chi connectivity index (χ1) is 12.8. The number of rotatable bonds is 6. The number of methoxy groups -OCH3 is 1. The largest absolute Gasteiger partial charge is 0.468 e. The number of hydrogen-bond donors (Lipinski definition) is 1. The molecule has 2 rings (SSSR count). The first-order valence-electron chi connectivity index (χ1n) is 8.03. The van der Waals surface area contributed by atoms with Crippen LogP contribution in [-0.2, 0) is 20.9 Å². The van der Waals surface area contributed by atoms with Crippen molar-refractivity contribution in [2.24, 2.45) is 0 Å². The standard InChI is InChI=1S/C19H18F3NO4/c1-11(23-19(25)27-10-12-6-4-3-5-7-12)17(18(24)26-2)13-8-15(21)16(22)9-14(13)20/h3-9,11,17H,10H2,1-2H3,(H,23,25)/t11?,17-/m0/s1. The molecular weight excluding hydrogens is 363 g/mol. The third kappa shape index (κ3) is 5.22. The number of hydrogen-bond acceptors (Lipinski definition) is 4. The first kappa shape index (κ1) is 20.3. The molecule has 0 saturated carbocycles. The molecule has 144 valence electrons. The summed E-state index contributed by atoms with van der Waals surface area (Å²) in [5.41, 5.74) is 0.313. The molecule has 0 aliphatic rings. The quantitative estimate of drug-likeness (QED) is 0.613. The van der Waals surface area contributed by atoms with E-state index >= 15 is 0 Å². The molecule has 2 aromatic carbocycles. The zero-order valence-corrected chi connectivity index (χ0v) is 14.7. The molecule has 0 saturated heterocycles. The average Bonchev–Trinajstić information content (AvgIpc) is 2.65. The van der Waals surface area contributed by atoms with Crippen LogP contribution in [0.4, 0.5) is 18.0 Å². The van der Waals surface area contributed by atoms with Gasteiger partial charge in [-0.25, -0.2) is 18.0 Å². The van der Waals surface area contributed by atoms with Gasteiger partial charge in [0, 0.05) is 17.7 Å². The predicted octanol–water partition coefficient (Wildman–Crippen LogP) is 3.68. The van der Waals surface area contributed by atoms with Crippen LogP contribution >= 0.6 is 0 Å². The average molecular weight is 381 g/mol. The highest BCUT2D eigenvalue weighted by molar-refractivity contribution is 5.80. The van der Waals surface area contributed by atoms with Crippen LogP contribution in [0.5, 0.6) is 0 Å². The van der Waals surface area contributed by atoms with Crippen molar-refractivity contribution in [2.45, 2.75) is 25.5 Å². The summed E-state index contributed by atoms with van der Waals surface area (Å²) in [6.07, 6.45) is -0.858. The molecular formula is C19H18F3NO4. The van der Waals surface area contributed by atoms with Gasteiger partial charge in [0.05, 0.1) is 7.11 Å². The summed E-state index contributed by atoms with van der Waals surface area (Å²) in [7, 11) is 1.06. The van der Waals surface area contributed by atoms with Crippen LogP contribution in [0.2, 0.25) is 0 Å². The monoisotopic (exact) mass is 381 g/mol. The second-order valence-electron chi connectivity index (χ2n) is 5.78. The number of amides is 1. The van der Waals surface area contributed by atoms with Gasteiger partial charge in [-0.1, -0.05) is 30.3 Å². The van der Waals surface area contributed by atoms with Crippen LogP contribution in [0.1, 0.15) is 24.0 Å². The molecule has 0 radical (unpaired) electrons. The lowest BCUT2D eigenvalue weighted by molar-refractivity contribution is -0.143. The number of carbonyl (C=O) groups is 2. The van der Waals surface area contributed by atoms with Gasteiger partial charge in [0.15, 0.2) is 11.6 Å². The normalized spacial score (nSPS) is 12.8. The van der Waals surface area contributed by atoms with E-state index < -0.39 is 47.0 Å². The van der Waals surface area contributed by atoms with Gasteiger partial charge in [0.2, 0.25) is 0 Å². The smallest absolute Gasteiger partial charge is 0.407 e. The summed E-state index contributed by atoms with van der Waals surface area (Å²) in [5, 5.41) is 2.38. The zero-order chi connectivity index (χ0) is 20.0. The number of carbonyl (C=O) groups excluding carboxylic acids is 2. The highest BCUT2D eigenvalue weighted by Gasteiger charge is 2.32. The number of benzene rings is 2. The fraction of sp³-hybridized carbons (Fsp3) is 0.263. The Hall–Kier alpha value is -3.03. The van der Waals surface area contributed by atoms with E-state index in [1.165, 1.54) is 6.92 Å². The zero-order valence-electron chi connectivity index (χ0n) is 14.7. The van der Waals surface area contributed by atoms with Gasteiger partial charge in [-0.15, -0.1) is 0 Å². The summed E-state index contributed by atoms with van der Waals surface area (Å²) in [5.74, 6) is -6.15. The molecule has 8 heteroatoms. The van der Waals surface area contributed by atoms with E-state index in [1.807, 2.05) is 6.07 Å². The fourth-order valence-corrected chi connectivity index (χ4v) is 2.54. The second-order valence-corrected chi connectivity index (χ2v) is 5.78. The maximum atomic E-state index is 14.1. The summed E-state index contributed by atoms with van der Waals surface area (Å²) >= 11 is 0. The van der Waals surface area contributed by atoms with E-state index in [1.54, 1.807) is 24.3 Å². The van der Waals surface area contributed by atoms with Crippen molar-refractivity contribution in [3.63, 3.8) is 0 Å². The Labute approximate surface area is 154 Å². The molecule has 0 fully saturated rings. The molecule has 0 spiro atoms. The topological polar surface area (TPSA) is 64.6 Å². The Morgan fingerprint density at radius 3 is 2.30 bits per heavy atom. The van der Waals surface area contributed by atoms with Gasteiger partial charge in [-0.2, -0.15) is 0 Å². The van der Waals surface area contributed by atoms with Gasteiger partial charge >= 0.3 is 12.1 Å². The Bertz CT molecular complexity index is 814. The van der Waals surface area contributed by atoms with Crippen LogP contribution in [0, 0.1) is 17.5 Å². The summed E-state index contributed by atoms with van der Waals surface area (Å²) in [6, 6.07) is 8.76. The number of ether oxygens (including phenoxy) is 2. The molecule has 0 aliphatic carbocycles. The van der Waals surface area contributed by atoms with E-state index in [2.05, 4.69) is 10.1 Å². The van der Waals surface area contributed by atoms with Crippen molar-refractivity contribution in [3.05, 3.63) is 71.0 Å². The Kier molecular flexibility index (Phi) is 6.81. The van der Waals surface area contributed by atoms with Crippen molar-refractivity contribution < 1.29 is 32.2 Å². The third-order valence-corrected chi connectivity index (χ3v) is 3.89. The van der Waals surface area contributed by atoms with Gasteiger partial charge in [-0.05, 0) is 18.6 Å². The summed E-state index contributed by atoms with van der Waals surface area (Å²) in [4.78, 5) is 24.0. The minimum atomic E-state index is -1.39. The molecule has 27 heavy (non-hydrogen) atoms. The van der Waals surface area contributed by atoms with Crippen LogP contribution in [0.3, 0.4) is 0 Å². The molecule has 0 bridgehead atoms. The third-order valence-electron chi connectivity index (χ3n) is 3.89. The maximum absolute atomic E-state index is 14.1. The van der Waals surface area contributed by atoms with Crippen molar-refractivity contribution in [2.75, 3.05) is 7.11 Å². The number of esters is 1. The SMILES string of the molecule is COC(=O)[C@H](c1cc(F)c(F)cc1F)C(C)NC(=O)OCc1ccccc1. The second kappa shape index (κ2) is 9.07. The highest BCUT2D eigenvalue weighted by Crippen LogP contribution is 2.26. The minimum absolute atomic E-state index is 0.0121. The summed E-state index contributed by atoms with van der Waals surface area (Å²) < 4.78 is 50.4. The van der Waals surface area contributed by atoms with Gasteiger partial charge in [-0.3, -0.25) is 4.79 Å². The van der Waals surface area contributed by atoms with E-state index in [0.29, 0.717) is 12.1 Å². The van der Waals surface area contributed by atoms with Gasteiger partial charge in [0.1, 0.15) is 18.3 Å². The molecule has 1 N–H and O–H groups in total. The van der Waals surface area contributed by atoms with E-state index in [9.17, 15) is 22.8 Å². The Morgan fingerprint density at radius 1 is 1.04 bits per heavy atom. The first-order valence-corrected chi connectivity index (χ1v) is 8.03. The van der Waals surface area contributed by atoms with Crippen molar-refractivity contribution in [3.8, 4) is 0 Å². The van der Waals surface area contributed by atoms with Crippen molar-refractivity contribution in [1.82, 2.24) is 5.32 Å². The Morgan fingerprint density at radius 2 is 1.67 bits per heavy atom. The molecule has 2 atom stereocenters. The lowest BCUT2D eigenvalue weighted by Gasteiger charge is -2.23. The molecule has 0 heterocycles. The van der Waals surface area contributed by atoms with E-state index in [-0.39, 0.29) is 6.61 Å². The summed E-state index contributed by atoms with van der Waals surface area (Å²) in [6.45, 7) is 1.38. The molecule has 2 aromatic rings. The van der Waals surface area contributed by atoms with E-state index in [4.69, 9.17) is 4.74 Å². The fourth-order valence-electron chi connectivity index (χ4n) is 2.54. The lowest BCUT2D eigenvalue weighted by Crippen LogP contribution is -2.41. The lowest BCUT2D eigenvalue weighted by atomic mass is 9.91. The van der Waals surface area contributed by atoms with Crippen LogP contribution in [0.25, 0.3) is 0 Å². The molecule has 1 amide bonds. The van der Waals surface area contributed by atoms with Crippen LogP contribution < -0.4 is 5.32 Å². The molecule has 1 unspecified atom stereocenters. The van der Waals surface area contributed by atoms with E-state index in [0.717, 1.165) is 12.7 Å². The minimum Gasteiger partial charge on any atom is -0.468 e. The van der Waals surface area contributed by atoms with Crippen molar-refractivity contribution >= 4 is 12.1 Å². The molecule has 0 aliphatic heterocycles. The van der Waals surface area contributed by atoms with Crippen LogP contribution in [-0.4, -0.2) is 25.2 Å². The number of halogens is 3. The van der Waals surface area contributed by atoms with Crippen LogP contribution in [0.15, 0.2) is 42.5 Å². The molecule has 5 nitrogen and oxygen atoms in total. The van der Waals surface area contributed by atoms with Gasteiger partial charge in [0.25, 0.3) is 0 Å². The van der Waals surface area contributed by atoms with Gasteiger partial charge < -0.3 is 14.8 Å².